The van der Waals surface area contributed by atoms with E-state index in [1.165, 1.54) is 19.5 Å². The maximum absolute atomic E-state index is 4.22. The fraction of sp³-hybridized carbons (Fsp3) is 0.857. The van der Waals surface area contributed by atoms with Gasteiger partial charge < -0.3 is 9.88 Å². The number of hydrogen-bond acceptors (Lipinski definition) is 4. The van der Waals surface area contributed by atoms with Gasteiger partial charge in [0.2, 0.25) is 0 Å². The first-order chi connectivity index (χ1) is 9.19. The van der Waals surface area contributed by atoms with E-state index in [0.29, 0.717) is 0 Å². The Kier molecular flexibility index (Phi) is 5.34. The number of aryl methyl sites for hydroxylation is 1. The van der Waals surface area contributed by atoms with E-state index in [0.717, 1.165) is 43.8 Å². The minimum Gasteiger partial charge on any atom is -0.317 e. The molecule has 108 valence electrons. The molecule has 1 unspecified atom stereocenters. The molecule has 1 saturated heterocycles. The molecule has 19 heavy (non-hydrogen) atoms. The van der Waals surface area contributed by atoms with Crippen LogP contribution in [0, 0.1) is 11.8 Å². The van der Waals surface area contributed by atoms with Gasteiger partial charge in [0.15, 0.2) is 0 Å². The minimum absolute atomic E-state index is 0.737. The van der Waals surface area contributed by atoms with E-state index in [1.807, 2.05) is 6.33 Å². The smallest absolute Gasteiger partial charge is 0.146 e. The van der Waals surface area contributed by atoms with Gasteiger partial charge in [-0.25, -0.2) is 0 Å². The predicted octanol–water partition coefficient (Wildman–Crippen LogP) is 1.37. The highest BCUT2D eigenvalue weighted by atomic mass is 15.3. The van der Waals surface area contributed by atoms with Crippen molar-refractivity contribution < 1.29 is 0 Å². The van der Waals surface area contributed by atoms with Crippen LogP contribution in [0.2, 0.25) is 0 Å². The normalized spacial score (nSPS) is 20.5. The van der Waals surface area contributed by atoms with Crippen molar-refractivity contribution in [3.05, 3.63) is 12.2 Å². The van der Waals surface area contributed by atoms with Gasteiger partial charge in [0.05, 0.1) is 6.54 Å². The Hall–Kier alpha value is -0.940. The molecule has 1 N–H and O–H groups in total. The average Bonchev–Trinajstić information content (AvgIpc) is 2.98. The van der Waals surface area contributed by atoms with Crippen molar-refractivity contribution in [2.75, 3.05) is 26.2 Å². The molecule has 0 amide bonds. The molecule has 0 aromatic carbocycles. The van der Waals surface area contributed by atoms with E-state index >= 15 is 0 Å². The molecule has 0 radical (unpaired) electrons. The standard InChI is InChI=1S/C14H27N5/c1-4-19-11-16-17-14(19)10-18-6-5-13(9-18)8-15-7-12(2)3/h11-13,15H,4-10H2,1-3H3. The van der Waals surface area contributed by atoms with Crippen LogP contribution in [0.25, 0.3) is 0 Å². The summed E-state index contributed by atoms with van der Waals surface area (Å²) < 4.78 is 2.13. The van der Waals surface area contributed by atoms with Crippen LogP contribution < -0.4 is 5.32 Å². The van der Waals surface area contributed by atoms with Crippen molar-refractivity contribution >= 4 is 0 Å². The number of nitrogens with zero attached hydrogens (tertiary/aromatic N) is 4. The quantitative estimate of drug-likeness (QED) is 0.809. The Morgan fingerprint density at radius 3 is 3.05 bits per heavy atom. The van der Waals surface area contributed by atoms with E-state index in [1.54, 1.807) is 0 Å². The first-order valence-electron chi connectivity index (χ1n) is 7.48. The van der Waals surface area contributed by atoms with Gasteiger partial charge in [-0.1, -0.05) is 13.8 Å². The molecule has 1 aromatic heterocycles. The average molecular weight is 265 g/mol. The van der Waals surface area contributed by atoms with E-state index in [2.05, 4.69) is 45.8 Å². The lowest BCUT2D eigenvalue weighted by molar-refractivity contribution is 0.300. The van der Waals surface area contributed by atoms with Crippen LogP contribution in [0.4, 0.5) is 0 Å². The van der Waals surface area contributed by atoms with Crippen LogP contribution in [0.3, 0.4) is 0 Å². The van der Waals surface area contributed by atoms with Crippen molar-refractivity contribution in [2.24, 2.45) is 11.8 Å². The third kappa shape index (κ3) is 4.28. The van der Waals surface area contributed by atoms with Crippen LogP contribution in [0.15, 0.2) is 6.33 Å². The third-order valence-corrected chi connectivity index (χ3v) is 3.76. The van der Waals surface area contributed by atoms with Gasteiger partial charge in [-0.2, -0.15) is 0 Å². The third-order valence-electron chi connectivity index (χ3n) is 3.76. The Morgan fingerprint density at radius 2 is 2.32 bits per heavy atom. The van der Waals surface area contributed by atoms with Gasteiger partial charge in [-0.05, 0) is 44.8 Å². The first kappa shape index (κ1) is 14.5. The molecule has 1 atom stereocenters. The number of nitrogens with one attached hydrogen (secondary N) is 1. The van der Waals surface area contributed by atoms with Crippen molar-refractivity contribution in [3.63, 3.8) is 0 Å². The molecule has 0 spiro atoms. The minimum atomic E-state index is 0.737. The van der Waals surface area contributed by atoms with Gasteiger partial charge in [-0.15, -0.1) is 10.2 Å². The number of aromatic nitrogens is 3. The van der Waals surface area contributed by atoms with E-state index in [-0.39, 0.29) is 0 Å². The summed E-state index contributed by atoms with van der Waals surface area (Å²) in [6.07, 6.45) is 3.12. The van der Waals surface area contributed by atoms with E-state index < -0.39 is 0 Å². The Labute approximate surface area is 116 Å². The highest BCUT2D eigenvalue weighted by Crippen LogP contribution is 2.17. The van der Waals surface area contributed by atoms with Crippen molar-refractivity contribution in [1.29, 1.82) is 0 Å². The molecule has 0 bridgehead atoms. The molecule has 0 aliphatic carbocycles. The molecule has 2 rings (SSSR count). The van der Waals surface area contributed by atoms with Gasteiger partial charge in [0.25, 0.3) is 0 Å². The molecule has 2 heterocycles. The second-order valence-corrected chi connectivity index (χ2v) is 5.98. The summed E-state index contributed by atoms with van der Waals surface area (Å²) in [7, 11) is 0. The fourth-order valence-corrected chi connectivity index (χ4v) is 2.66. The van der Waals surface area contributed by atoms with Crippen LogP contribution in [0.5, 0.6) is 0 Å². The van der Waals surface area contributed by atoms with Crippen LogP contribution >= 0.6 is 0 Å². The van der Waals surface area contributed by atoms with Gasteiger partial charge in [0, 0.05) is 13.1 Å². The summed E-state index contributed by atoms with van der Waals surface area (Å²) >= 11 is 0. The van der Waals surface area contributed by atoms with Crippen LogP contribution in [-0.4, -0.2) is 45.8 Å². The monoisotopic (exact) mass is 265 g/mol. The zero-order valence-corrected chi connectivity index (χ0v) is 12.5. The molecule has 0 saturated carbocycles. The number of hydrogen-bond donors (Lipinski definition) is 1. The SMILES string of the molecule is CCn1cnnc1CN1CCC(CNCC(C)C)C1. The molecule has 5 nitrogen and oxygen atoms in total. The maximum Gasteiger partial charge on any atom is 0.146 e. The summed E-state index contributed by atoms with van der Waals surface area (Å²) in [6.45, 7) is 13.2. The van der Waals surface area contributed by atoms with Crippen molar-refractivity contribution in [3.8, 4) is 0 Å². The zero-order valence-electron chi connectivity index (χ0n) is 12.5. The Morgan fingerprint density at radius 1 is 1.47 bits per heavy atom. The number of rotatable bonds is 7. The predicted molar refractivity (Wildman–Crippen MR) is 76.8 cm³/mol. The second-order valence-electron chi connectivity index (χ2n) is 5.98. The second kappa shape index (κ2) is 7.01. The molecule has 5 heteroatoms. The lowest BCUT2D eigenvalue weighted by Gasteiger charge is -2.16. The van der Waals surface area contributed by atoms with Gasteiger partial charge in [0.1, 0.15) is 12.2 Å². The molecule has 1 fully saturated rings. The molecular weight excluding hydrogens is 238 g/mol. The fourth-order valence-electron chi connectivity index (χ4n) is 2.66. The van der Waals surface area contributed by atoms with Crippen LogP contribution in [-0.2, 0) is 13.1 Å². The summed E-state index contributed by atoms with van der Waals surface area (Å²) in [6, 6.07) is 0. The van der Waals surface area contributed by atoms with Gasteiger partial charge >= 0.3 is 0 Å². The molecule has 1 aliphatic rings. The molecule has 1 aliphatic heterocycles. The lowest BCUT2D eigenvalue weighted by atomic mass is 10.1. The largest absolute Gasteiger partial charge is 0.317 e. The topological polar surface area (TPSA) is 46.0 Å². The highest BCUT2D eigenvalue weighted by Gasteiger charge is 2.23. The lowest BCUT2D eigenvalue weighted by Crippen LogP contribution is -2.29. The van der Waals surface area contributed by atoms with Crippen molar-refractivity contribution in [1.82, 2.24) is 25.0 Å². The van der Waals surface area contributed by atoms with E-state index in [4.69, 9.17) is 0 Å². The zero-order chi connectivity index (χ0) is 13.7. The first-order valence-corrected chi connectivity index (χ1v) is 7.48. The van der Waals surface area contributed by atoms with E-state index in [9.17, 15) is 0 Å². The molecular formula is C14H27N5. The Balaban J connectivity index is 1.73. The summed E-state index contributed by atoms with van der Waals surface area (Å²) in [5.41, 5.74) is 0. The number of likely N-dealkylation sites (tertiary alicyclic amines) is 1. The molecule has 1 aromatic rings. The summed E-state index contributed by atoms with van der Waals surface area (Å²) in [5.74, 6) is 2.62. The maximum atomic E-state index is 4.22. The Bertz CT molecular complexity index is 374. The highest BCUT2D eigenvalue weighted by molar-refractivity contribution is 4.88. The van der Waals surface area contributed by atoms with Crippen molar-refractivity contribution in [2.45, 2.75) is 40.3 Å². The van der Waals surface area contributed by atoms with Gasteiger partial charge in [-0.3, -0.25) is 4.90 Å². The van der Waals surface area contributed by atoms with Crippen LogP contribution in [0.1, 0.15) is 33.0 Å². The summed E-state index contributed by atoms with van der Waals surface area (Å²) in [5, 5.41) is 11.8. The summed E-state index contributed by atoms with van der Waals surface area (Å²) in [4.78, 5) is 2.50.